The number of nitrogens with zero attached hydrogens (tertiary/aromatic N) is 1. The minimum atomic E-state index is 0. The molecule has 1 heterocycles. The summed E-state index contributed by atoms with van der Waals surface area (Å²) in [6.45, 7) is 1.72. The fourth-order valence-corrected chi connectivity index (χ4v) is 2.54. The van der Waals surface area contributed by atoms with Gasteiger partial charge in [0.2, 0.25) is 0 Å². The Kier molecular flexibility index (Phi) is 5.73. The highest BCUT2D eigenvalue weighted by Gasteiger charge is 2.15. The maximum atomic E-state index is 12.6. The predicted molar refractivity (Wildman–Crippen MR) is 93.0 cm³/mol. The smallest absolute Gasteiger partial charge is 0.170 e. The number of nitrogens with one attached hydrogen (secondary N) is 1. The highest BCUT2D eigenvalue weighted by molar-refractivity contribution is 6.12. The van der Waals surface area contributed by atoms with Crippen LogP contribution in [0.15, 0.2) is 59.6 Å². The van der Waals surface area contributed by atoms with Crippen molar-refractivity contribution in [3.8, 4) is 11.1 Å². The fourth-order valence-electron chi connectivity index (χ4n) is 2.54. The summed E-state index contributed by atoms with van der Waals surface area (Å²) in [4.78, 5) is 17.0. The molecule has 1 N–H and O–H groups in total. The molecule has 22 heavy (non-hydrogen) atoms. The Morgan fingerprint density at radius 3 is 2.50 bits per heavy atom. The van der Waals surface area contributed by atoms with Crippen molar-refractivity contribution >= 4 is 24.0 Å². The van der Waals surface area contributed by atoms with Crippen molar-refractivity contribution < 1.29 is 4.79 Å². The third-order valence-electron chi connectivity index (χ3n) is 3.61. The summed E-state index contributed by atoms with van der Waals surface area (Å²) < 4.78 is 0. The van der Waals surface area contributed by atoms with Crippen LogP contribution in [0.2, 0.25) is 0 Å². The number of amidine groups is 1. The molecule has 0 bridgehead atoms. The molecule has 0 fully saturated rings. The largest absolute Gasteiger partial charge is 0.373 e. The van der Waals surface area contributed by atoms with E-state index in [4.69, 9.17) is 0 Å². The molecule has 0 aromatic heterocycles. The SMILES string of the molecule is Cl.O=C(CC1=NCCCN1)c1ccccc1-c1ccccc1. The molecule has 0 spiro atoms. The molecule has 0 atom stereocenters. The zero-order valence-electron chi connectivity index (χ0n) is 12.3. The van der Waals surface area contributed by atoms with Crippen molar-refractivity contribution in [1.29, 1.82) is 0 Å². The van der Waals surface area contributed by atoms with Crippen molar-refractivity contribution in [2.24, 2.45) is 4.99 Å². The molecule has 2 aromatic carbocycles. The molecule has 1 aliphatic heterocycles. The van der Waals surface area contributed by atoms with Crippen LogP contribution in [0.1, 0.15) is 23.2 Å². The lowest BCUT2D eigenvalue weighted by Crippen LogP contribution is -2.31. The first-order valence-corrected chi connectivity index (χ1v) is 7.29. The monoisotopic (exact) mass is 314 g/mol. The van der Waals surface area contributed by atoms with Crippen molar-refractivity contribution in [3.05, 3.63) is 60.2 Å². The van der Waals surface area contributed by atoms with Gasteiger partial charge in [-0.3, -0.25) is 9.79 Å². The van der Waals surface area contributed by atoms with Crippen LogP contribution in [0, 0.1) is 0 Å². The second-order valence-corrected chi connectivity index (χ2v) is 5.12. The van der Waals surface area contributed by atoms with Crippen LogP contribution in [0.5, 0.6) is 0 Å². The molecular weight excluding hydrogens is 296 g/mol. The number of benzene rings is 2. The van der Waals surface area contributed by atoms with Gasteiger partial charge in [0.05, 0.1) is 6.42 Å². The quantitative estimate of drug-likeness (QED) is 0.873. The molecule has 0 saturated heterocycles. The second kappa shape index (κ2) is 7.76. The molecule has 0 amide bonds. The van der Waals surface area contributed by atoms with E-state index in [0.717, 1.165) is 42.0 Å². The molecule has 114 valence electrons. The van der Waals surface area contributed by atoms with E-state index in [2.05, 4.69) is 10.3 Å². The van der Waals surface area contributed by atoms with Crippen molar-refractivity contribution in [2.45, 2.75) is 12.8 Å². The Morgan fingerprint density at radius 2 is 1.77 bits per heavy atom. The first kappa shape index (κ1) is 16.2. The molecule has 0 unspecified atom stereocenters. The lowest BCUT2D eigenvalue weighted by atomic mass is 9.95. The summed E-state index contributed by atoms with van der Waals surface area (Å²) in [6.07, 6.45) is 1.39. The summed E-state index contributed by atoms with van der Waals surface area (Å²) in [5, 5.41) is 3.21. The summed E-state index contributed by atoms with van der Waals surface area (Å²) in [5.41, 5.74) is 2.82. The van der Waals surface area contributed by atoms with E-state index in [9.17, 15) is 4.79 Å². The van der Waals surface area contributed by atoms with Gasteiger partial charge >= 0.3 is 0 Å². The zero-order chi connectivity index (χ0) is 14.5. The van der Waals surface area contributed by atoms with Crippen LogP contribution in [0.3, 0.4) is 0 Å². The van der Waals surface area contributed by atoms with Gasteiger partial charge in [0, 0.05) is 18.7 Å². The molecule has 0 saturated carbocycles. The van der Waals surface area contributed by atoms with Gasteiger partial charge in [0.15, 0.2) is 5.78 Å². The molecule has 3 nitrogen and oxygen atoms in total. The molecular formula is C18H19ClN2O. The van der Waals surface area contributed by atoms with Crippen LogP contribution < -0.4 is 5.32 Å². The summed E-state index contributed by atoms with van der Waals surface area (Å²) >= 11 is 0. The van der Waals surface area contributed by atoms with Gasteiger partial charge in [0.1, 0.15) is 5.84 Å². The summed E-state index contributed by atoms with van der Waals surface area (Å²) in [6, 6.07) is 17.8. The number of carbonyl (C=O) groups is 1. The van der Waals surface area contributed by atoms with Gasteiger partial charge in [-0.05, 0) is 17.5 Å². The van der Waals surface area contributed by atoms with Crippen LogP contribution >= 0.6 is 12.4 Å². The third kappa shape index (κ3) is 3.74. The predicted octanol–water partition coefficient (Wildman–Crippen LogP) is 3.74. The zero-order valence-corrected chi connectivity index (χ0v) is 13.1. The fraction of sp³-hybridized carbons (Fsp3) is 0.222. The van der Waals surface area contributed by atoms with Crippen molar-refractivity contribution in [2.75, 3.05) is 13.1 Å². The minimum absolute atomic E-state index is 0. The first-order valence-electron chi connectivity index (χ1n) is 7.29. The number of rotatable bonds is 4. The van der Waals surface area contributed by atoms with Gasteiger partial charge in [-0.25, -0.2) is 0 Å². The average molecular weight is 315 g/mol. The Hall–Kier alpha value is -2.13. The maximum Gasteiger partial charge on any atom is 0.170 e. The van der Waals surface area contributed by atoms with Crippen LogP contribution in [0.25, 0.3) is 11.1 Å². The maximum absolute atomic E-state index is 12.6. The second-order valence-electron chi connectivity index (χ2n) is 5.12. The Balaban J connectivity index is 0.00000176. The van der Waals surface area contributed by atoms with Gasteiger partial charge in [-0.1, -0.05) is 54.6 Å². The van der Waals surface area contributed by atoms with Crippen LogP contribution in [-0.2, 0) is 0 Å². The molecule has 1 aliphatic rings. The summed E-state index contributed by atoms with van der Waals surface area (Å²) in [7, 11) is 0. The van der Waals surface area contributed by atoms with Gasteiger partial charge in [0.25, 0.3) is 0 Å². The van der Waals surface area contributed by atoms with Crippen molar-refractivity contribution in [3.63, 3.8) is 0 Å². The molecule has 4 heteroatoms. The Bertz CT molecular complexity index is 668. The van der Waals surface area contributed by atoms with E-state index in [1.54, 1.807) is 0 Å². The van der Waals surface area contributed by atoms with Crippen molar-refractivity contribution in [1.82, 2.24) is 5.32 Å². The topological polar surface area (TPSA) is 41.5 Å². The number of halogens is 1. The molecule has 0 aliphatic carbocycles. The standard InChI is InChI=1S/C18H18N2O.ClH/c21-17(13-18-19-11-6-12-20-18)16-10-5-4-9-15(16)14-7-2-1-3-8-14;/h1-5,7-10H,6,11-13H2,(H,19,20);1H. The van der Waals surface area contributed by atoms with E-state index in [1.807, 2.05) is 54.6 Å². The number of Topliss-reactive ketones (excluding diaryl/α,β-unsaturated/α-hetero) is 1. The van der Waals surface area contributed by atoms with E-state index >= 15 is 0 Å². The van der Waals surface area contributed by atoms with E-state index in [-0.39, 0.29) is 18.2 Å². The first-order chi connectivity index (χ1) is 10.3. The number of ketones is 1. The highest BCUT2D eigenvalue weighted by atomic mass is 35.5. The number of hydrogen-bond acceptors (Lipinski definition) is 3. The Labute approximate surface area is 136 Å². The lowest BCUT2D eigenvalue weighted by Gasteiger charge is -2.15. The number of aliphatic imine (C=N–C) groups is 1. The van der Waals surface area contributed by atoms with Gasteiger partial charge in [-0.2, -0.15) is 0 Å². The van der Waals surface area contributed by atoms with Gasteiger partial charge in [-0.15, -0.1) is 12.4 Å². The normalized spacial score (nSPS) is 13.5. The number of hydrogen-bond donors (Lipinski definition) is 1. The number of carbonyl (C=O) groups excluding carboxylic acids is 1. The Morgan fingerprint density at radius 1 is 1.05 bits per heavy atom. The van der Waals surface area contributed by atoms with E-state index < -0.39 is 0 Å². The average Bonchev–Trinajstić information content (AvgIpc) is 2.56. The third-order valence-corrected chi connectivity index (χ3v) is 3.61. The van der Waals surface area contributed by atoms with E-state index in [1.165, 1.54) is 0 Å². The minimum Gasteiger partial charge on any atom is -0.373 e. The van der Waals surface area contributed by atoms with Crippen LogP contribution in [0.4, 0.5) is 0 Å². The van der Waals surface area contributed by atoms with E-state index in [0.29, 0.717) is 6.42 Å². The summed E-state index contributed by atoms with van der Waals surface area (Å²) in [5.74, 6) is 0.928. The van der Waals surface area contributed by atoms with Crippen LogP contribution in [-0.4, -0.2) is 24.7 Å². The highest BCUT2D eigenvalue weighted by Crippen LogP contribution is 2.24. The molecule has 2 aromatic rings. The van der Waals surface area contributed by atoms with Gasteiger partial charge < -0.3 is 5.32 Å². The molecule has 3 rings (SSSR count). The lowest BCUT2D eigenvalue weighted by molar-refractivity contribution is 0.1000. The molecule has 0 radical (unpaired) electrons.